The van der Waals surface area contributed by atoms with Crippen LogP contribution in [0.5, 0.6) is 5.75 Å². The van der Waals surface area contributed by atoms with Gasteiger partial charge in [-0.05, 0) is 47.5 Å². The second-order valence-electron chi connectivity index (χ2n) is 6.71. The van der Waals surface area contributed by atoms with Gasteiger partial charge < -0.3 is 9.47 Å². The van der Waals surface area contributed by atoms with Gasteiger partial charge in [-0.15, -0.1) is 4.68 Å². The third-order valence-corrected chi connectivity index (χ3v) is 4.94. The summed E-state index contributed by atoms with van der Waals surface area (Å²) in [5.41, 5.74) is -0.475. The van der Waals surface area contributed by atoms with Gasteiger partial charge in [-0.1, -0.05) is 24.3 Å². The van der Waals surface area contributed by atoms with Crippen molar-refractivity contribution in [1.82, 2.24) is 19.8 Å². The molecule has 1 amide bonds. The van der Waals surface area contributed by atoms with Crippen molar-refractivity contribution in [3.63, 3.8) is 0 Å². The Hall–Kier alpha value is -3.53. The summed E-state index contributed by atoms with van der Waals surface area (Å²) in [4.78, 5) is 27.8. The van der Waals surface area contributed by atoms with Gasteiger partial charge in [0.2, 0.25) is 0 Å². The topological polar surface area (TPSA) is 91.5 Å². The second kappa shape index (κ2) is 8.46. The number of nitrogens with zero attached hydrogens (tertiary/aromatic N) is 5. The molecular weight excluding hydrogens is 393 g/mol. The second-order valence-corrected chi connectivity index (χ2v) is 6.71. The Balaban J connectivity index is 1.76. The van der Waals surface area contributed by atoms with Gasteiger partial charge in [0.25, 0.3) is 0 Å². The predicted octanol–water partition coefficient (Wildman–Crippen LogP) is 2.23. The van der Waals surface area contributed by atoms with Crippen LogP contribution in [0.4, 0.5) is 14.9 Å². The number of benzene rings is 2. The number of aromatic nitrogens is 4. The summed E-state index contributed by atoms with van der Waals surface area (Å²) in [7, 11) is 1.35. The molecule has 1 aromatic heterocycles. The Labute approximate surface area is 171 Å². The molecule has 0 spiro atoms. The zero-order valence-electron chi connectivity index (χ0n) is 16.3. The molecule has 0 N–H and O–H groups in total. The number of methoxy groups -OCH3 is 1. The van der Waals surface area contributed by atoms with Crippen LogP contribution < -0.4 is 15.3 Å². The molecule has 9 nitrogen and oxygen atoms in total. The normalized spacial score (nSPS) is 14.5. The summed E-state index contributed by atoms with van der Waals surface area (Å²) >= 11 is 0. The highest BCUT2D eigenvalue weighted by atomic mass is 19.1. The lowest BCUT2D eigenvalue weighted by molar-refractivity contribution is 0.0855. The van der Waals surface area contributed by atoms with Crippen LogP contribution in [0.2, 0.25) is 0 Å². The van der Waals surface area contributed by atoms with Crippen LogP contribution in [0.15, 0.2) is 53.3 Å². The zero-order valence-corrected chi connectivity index (χ0v) is 16.3. The number of ether oxygens (including phenoxy) is 2. The molecule has 0 bridgehead atoms. The molecule has 30 heavy (non-hydrogen) atoms. The first-order valence-corrected chi connectivity index (χ1v) is 9.46. The molecule has 0 aliphatic carbocycles. The average Bonchev–Trinajstić information content (AvgIpc) is 3.16. The maximum absolute atomic E-state index is 14.4. The van der Waals surface area contributed by atoms with E-state index in [0.29, 0.717) is 36.4 Å². The lowest BCUT2D eigenvalue weighted by atomic mass is 10.1. The van der Waals surface area contributed by atoms with Crippen molar-refractivity contribution < 1.29 is 18.7 Å². The summed E-state index contributed by atoms with van der Waals surface area (Å²) in [5, 5.41) is 7.44. The van der Waals surface area contributed by atoms with E-state index in [0.717, 1.165) is 4.68 Å². The van der Waals surface area contributed by atoms with Crippen LogP contribution in [0.3, 0.4) is 0 Å². The highest BCUT2D eigenvalue weighted by Crippen LogP contribution is 2.25. The monoisotopic (exact) mass is 413 g/mol. The van der Waals surface area contributed by atoms with Crippen molar-refractivity contribution >= 4 is 11.7 Å². The van der Waals surface area contributed by atoms with Gasteiger partial charge in [-0.3, -0.25) is 4.90 Å². The van der Waals surface area contributed by atoms with Crippen LogP contribution in [-0.2, 0) is 4.74 Å². The number of carbonyl (C=O) groups is 1. The molecule has 1 aliphatic rings. The Morgan fingerprint density at radius 2 is 1.87 bits per heavy atom. The molecule has 0 radical (unpaired) electrons. The molecule has 1 aliphatic heterocycles. The summed E-state index contributed by atoms with van der Waals surface area (Å²) < 4.78 is 26.3. The number of rotatable bonds is 4. The van der Waals surface area contributed by atoms with E-state index in [-0.39, 0.29) is 17.5 Å². The minimum atomic E-state index is -0.892. The lowest BCUT2D eigenvalue weighted by Gasteiger charge is -2.33. The molecular formula is C20H20FN5O4. The molecule has 1 saturated heterocycles. The van der Waals surface area contributed by atoms with E-state index in [1.165, 1.54) is 30.2 Å². The summed E-state index contributed by atoms with van der Waals surface area (Å²) in [5.74, 6) is -0.624. The number of anilines is 1. The zero-order chi connectivity index (χ0) is 21.1. The third kappa shape index (κ3) is 3.57. The van der Waals surface area contributed by atoms with Crippen molar-refractivity contribution in [2.24, 2.45) is 0 Å². The summed E-state index contributed by atoms with van der Waals surface area (Å²) in [6.45, 7) is 1.02. The Bertz CT molecular complexity index is 1090. The average molecular weight is 413 g/mol. The molecule has 2 heterocycles. The molecule has 156 valence electrons. The number of hydrogen-bond donors (Lipinski definition) is 0. The number of tetrazole rings is 1. The Morgan fingerprint density at radius 3 is 2.57 bits per heavy atom. The highest BCUT2D eigenvalue weighted by Gasteiger charge is 2.31. The van der Waals surface area contributed by atoms with Crippen molar-refractivity contribution in [3.8, 4) is 11.4 Å². The first kappa shape index (κ1) is 19.8. The van der Waals surface area contributed by atoms with Gasteiger partial charge in [-0.25, -0.2) is 14.0 Å². The first-order valence-electron chi connectivity index (χ1n) is 9.46. The third-order valence-electron chi connectivity index (χ3n) is 4.94. The minimum absolute atomic E-state index is 0.0981. The fourth-order valence-corrected chi connectivity index (χ4v) is 3.48. The number of carbonyl (C=O) groups excluding carboxylic acids is 1. The van der Waals surface area contributed by atoms with Gasteiger partial charge in [0.15, 0.2) is 5.82 Å². The summed E-state index contributed by atoms with van der Waals surface area (Å²) in [6, 6.07) is 12.3. The van der Waals surface area contributed by atoms with E-state index in [2.05, 4.69) is 10.4 Å². The Morgan fingerprint density at radius 1 is 1.13 bits per heavy atom. The van der Waals surface area contributed by atoms with E-state index in [4.69, 9.17) is 9.47 Å². The van der Waals surface area contributed by atoms with E-state index in [1.807, 2.05) is 6.07 Å². The standard InChI is InChI=1S/C20H20FN5O4/c1-29-17-9-5-8-16(21)18(17)25-20(28)26(23-22-25)19(27)24(14-6-3-2-4-7-14)15-10-12-30-13-11-15/h2-9,15H,10-13H2,1H3. The van der Waals surface area contributed by atoms with Gasteiger partial charge in [0.1, 0.15) is 11.4 Å². The fourth-order valence-electron chi connectivity index (χ4n) is 3.48. The maximum atomic E-state index is 14.4. The van der Waals surface area contributed by atoms with Gasteiger partial charge >= 0.3 is 11.7 Å². The molecule has 0 atom stereocenters. The van der Waals surface area contributed by atoms with E-state index in [9.17, 15) is 14.0 Å². The number of hydrogen-bond acceptors (Lipinski definition) is 6. The molecule has 4 rings (SSSR count). The minimum Gasteiger partial charge on any atom is -0.494 e. The molecule has 0 unspecified atom stereocenters. The summed E-state index contributed by atoms with van der Waals surface area (Å²) in [6.07, 6.45) is 1.23. The van der Waals surface area contributed by atoms with Crippen molar-refractivity contribution in [2.75, 3.05) is 25.2 Å². The first-order chi connectivity index (χ1) is 14.6. The van der Waals surface area contributed by atoms with E-state index < -0.39 is 17.5 Å². The lowest BCUT2D eigenvalue weighted by Crippen LogP contribution is -2.48. The number of halogens is 1. The molecule has 0 saturated carbocycles. The van der Waals surface area contributed by atoms with Crippen LogP contribution in [0.25, 0.3) is 5.69 Å². The van der Waals surface area contributed by atoms with Crippen molar-refractivity contribution in [2.45, 2.75) is 18.9 Å². The van der Waals surface area contributed by atoms with E-state index in [1.54, 1.807) is 24.3 Å². The number of para-hydroxylation sites is 2. The number of amides is 1. The van der Waals surface area contributed by atoms with E-state index >= 15 is 0 Å². The fraction of sp³-hybridized carbons (Fsp3) is 0.300. The highest BCUT2D eigenvalue weighted by molar-refractivity contribution is 5.93. The molecule has 1 fully saturated rings. The molecule has 10 heteroatoms. The molecule has 3 aromatic rings. The Kier molecular flexibility index (Phi) is 5.57. The SMILES string of the molecule is COc1cccc(F)c1-n1nnn(C(=O)N(c2ccccc2)C2CCOCC2)c1=O. The molecule has 2 aromatic carbocycles. The van der Waals surface area contributed by atoms with Crippen LogP contribution in [0.1, 0.15) is 12.8 Å². The van der Waals surface area contributed by atoms with Crippen molar-refractivity contribution in [3.05, 3.63) is 64.8 Å². The van der Waals surface area contributed by atoms with Crippen LogP contribution in [0, 0.1) is 5.82 Å². The van der Waals surface area contributed by atoms with Gasteiger partial charge in [0, 0.05) is 24.9 Å². The quantitative estimate of drug-likeness (QED) is 0.609. The predicted molar refractivity (Wildman–Crippen MR) is 106 cm³/mol. The van der Waals surface area contributed by atoms with Gasteiger partial charge in [0.05, 0.1) is 7.11 Å². The smallest absolute Gasteiger partial charge is 0.377 e. The largest absolute Gasteiger partial charge is 0.494 e. The van der Waals surface area contributed by atoms with Crippen molar-refractivity contribution in [1.29, 1.82) is 0 Å². The van der Waals surface area contributed by atoms with Crippen LogP contribution >= 0.6 is 0 Å². The maximum Gasteiger partial charge on any atom is 0.377 e. The van der Waals surface area contributed by atoms with Crippen LogP contribution in [-0.4, -0.2) is 52.2 Å². The van der Waals surface area contributed by atoms with Gasteiger partial charge in [-0.2, -0.15) is 4.68 Å².